The Balaban J connectivity index is 1.32. The number of pyridine rings is 1. The van der Waals surface area contributed by atoms with Crippen LogP contribution in [0.3, 0.4) is 0 Å². The van der Waals surface area contributed by atoms with Gasteiger partial charge in [0, 0.05) is 30.7 Å². The highest BCUT2D eigenvalue weighted by Gasteiger charge is 2.49. The fourth-order valence-corrected chi connectivity index (χ4v) is 8.58. The molecule has 7 heterocycles. The monoisotopic (exact) mass is 681 g/mol. The molecular formula is C31H30ClF6N7O2. The van der Waals surface area contributed by atoms with E-state index in [2.05, 4.69) is 15.3 Å². The van der Waals surface area contributed by atoms with Gasteiger partial charge in [-0.05, 0) is 57.2 Å². The Morgan fingerprint density at radius 2 is 2.04 bits per heavy atom. The lowest BCUT2D eigenvalue weighted by atomic mass is 9.94. The number of nitrogens with two attached hydrogens (primary N) is 1. The highest BCUT2D eigenvalue weighted by atomic mass is 35.5. The normalized spacial score (nSPS) is 26.8. The topological polar surface area (TPSA) is 102 Å². The van der Waals surface area contributed by atoms with Gasteiger partial charge in [-0.25, -0.2) is 9.37 Å². The molecule has 4 fully saturated rings. The van der Waals surface area contributed by atoms with E-state index in [1.54, 1.807) is 0 Å². The van der Waals surface area contributed by atoms with Gasteiger partial charge in [0.2, 0.25) is 0 Å². The Bertz CT molecular complexity index is 1850. The van der Waals surface area contributed by atoms with E-state index in [0.29, 0.717) is 19.5 Å². The summed E-state index contributed by atoms with van der Waals surface area (Å²) in [5, 5.41) is 3.26. The number of hydrogen-bond acceptors (Lipinski definition) is 9. The molecule has 9 nitrogen and oxygen atoms in total. The average Bonchev–Trinajstić information content (AvgIpc) is 3.65. The summed E-state index contributed by atoms with van der Waals surface area (Å²) in [6, 6.07) is 0.712. The second-order valence-corrected chi connectivity index (χ2v) is 13.5. The number of anilines is 2. The predicted molar refractivity (Wildman–Crippen MR) is 161 cm³/mol. The van der Waals surface area contributed by atoms with Crippen molar-refractivity contribution in [3.8, 4) is 23.0 Å². The standard InChI is InChI=1S/C31H30ClF6N7O2/c1-13-7-18(39)41-24(21(13)31(36,37)38)19-22(32)26-20-25(23(19)33)42-29(47-12-30-5-2-6-44(30)9-14(8-30)27(34)35)43-28(20)45-10-15-3-4-16(40-15)17(45)11-46-26/h7,15-17,40H,2-6,8-12H2,1H3,(H2,39,41). The number of aryl methyl sites for hydroxylation is 1. The number of hydrogen-bond donors (Lipinski definition) is 2. The number of piperazine rings is 1. The van der Waals surface area contributed by atoms with Crippen molar-refractivity contribution in [1.82, 2.24) is 25.2 Å². The number of alkyl halides is 3. The smallest absolute Gasteiger partial charge is 0.418 e. The first-order valence-corrected chi connectivity index (χ1v) is 15.9. The van der Waals surface area contributed by atoms with E-state index in [-0.39, 0.29) is 89.7 Å². The first kappa shape index (κ1) is 30.8. The molecule has 4 saturated heterocycles. The van der Waals surface area contributed by atoms with Crippen LogP contribution in [-0.2, 0) is 6.18 Å². The molecule has 2 aromatic heterocycles. The summed E-state index contributed by atoms with van der Waals surface area (Å²) in [6.07, 6.45) is -3.33. The number of benzene rings is 1. The molecule has 0 amide bonds. The third kappa shape index (κ3) is 4.78. The summed E-state index contributed by atoms with van der Waals surface area (Å²) in [7, 11) is 0. The Hall–Kier alpha value is -3.56. The maximum absolute atomic E-state index is 16.9. The maximum atomic E-state index is 16.9. The highest BCUT2D eigenvalue weighted by molar-refractivity contribution is 6.36. The number of nitrogens with one attached hydrogen (secondary N) is 1. The van der Waals surface area contributed by atoms with Gasteiger partial charge in [-0.3, -0.25) is 4.90 Å². The fourth-order valence-electron chi connectivity index (χ4n) is 8.26. The molecule has 5 aliphatic rings. The Kier molecular flexibility index (Phi) is 7.02. The highest BCUT2D eigenvalue weighted by Crippen LogP contribution is 2.51. The van der Waals surface area contributed by atoms with Gasteiger partial charge in [0.15, 0.2) is 11.6 Å². The molecule has 47 heavy (non-hydrogen) atoms. The van der Waals surface area contributed by atoms with Crippen LogP contribution in [0.5, 0.6) is 11.8 Å². The van der Waals surface area contributed by atoms with Gasteiger partial charge in [0.05, 0.1) is 38.8 Å². The van der Waals surface area contributed by atoms with E-state index in [4.69, 9.17) is 31.8 Å². The number of fused-ring (bicyclic) bond motifs is 6. The van der Waals surface area contributed by atoms with Gasteiger partial charge in [0.1, 0.15) is 30.4 Å². The van der Waals surface area contributed by atoms with E-state index in [0.717, 1.165) is 25.3 Å². The summed E-state index contributed by atoms with van der Waals surface area (Å²) in [4.78, 5) is 17.0. The minimum Gasteiger partial charge on any atom is -0.489 e. The van der Waals surface area contributed by atoms with Crippen molar-refractivity contribution in [3.05, 3.63) is 39.7 Å². The third-order valence-electron chi connectivity index (χ3n) is 10.3. The lowest BCUT2D eigenvalue weighted by molar-refractivity contribution is -0.137. The van der Waals surface area contributed by atoms with E-state index in [1.165, 1.54) is 6.92 Å². The Labute approximate surface area is 270 Å². The molecule has 2 bridgehead atoms. The van der Waals surface area contributed by atoms with Crippen molar-refractivity contribution in [2.24, 2.45) is 0 Å². The van der Waals surface area contributed by atoms with Crippen molar-refractivity contribution in [1.29, 1.82) is 0 Å². The second-order valence-electron chi connectivity index (χ2n) is 13.1. The molecule has 250 valence electrons. The Morgan fingerprint density at radius 1 is 1.23 bits per heavy atom. The number of nitrogen functional groups attached to an aromatic ring is 1. The Morgan fingerprint density at radius 3 is 2.81 bits per heavy atom. The lowest BCUT2D eigenvalue weighted by Crippen LogP contribution is -2.60. The van der Waals surface area contributed by atoms with Crippen molar-refractivity contribution in [2.45, 2.75) is 68.9 Å². The van der Waals surface area contributed by atoms with E-state index < -0.39 is 45.5 Å². The van der Waals surface area contributed by atoms with Crippen molar-refractivity contribution in [3.63, 3.8) is 0 Å². The zero-order valence-electron chi connectivity index (χ0n) is 25.2. The summed E-state index contributed by atoms with van der Waals surface area (Å²) in [5.41, 5.74) is 1.97. The van der Waals surface area contributed by atoms with Crippen LogP contribution in [0.15, 0.2) is 17.7 Å². The van der Waals surface area contributed by atoms with Gasteiger partial charge in [-0.1, -0.05) is 11.6 Å². The maximum Gasteiger partial charge on any atom is 0.418 e. The van der Waals surface area contributed by atoms with Crippen molar-refractivity contribution < 1.29 is 35.8 Å². The fraction of sp³-hybridized carbons (Fsp3) is 0.516. The van der Waals surface area contributed by atoms with Crippen LogP contribution in [0.4, 0.5) is 38.0 Å². The van der Waals surface area contributed by atoms with E-state index in [9.17, 15) is 22.0 Å². The van der Waals surface area contributed by atoms with Crippen LogP contribution in [0.2, 0.25) is 5.02 Å². The first-order chi connectivity index (χ1) is 22.3. The number of nitrogens with zero attached hydrogens (tertiary/aromatic N) is 5. The molecule has 4 unspecified atom stereocenters. The van der Waals surface area contributed by atoms with Crippen LogP contribution in [0, 0.1) is 12.7 Å². The molecule has 5 aliphatic heterocycles. The van der Waals surface area contributed by atoms with Gasteiger partial charge in [-0.2, -0.15) is 31.9 Å². The van der Waals surface area contributed by atoms with Crippen molar-refractivity contribution in [2.75, 3.05) is 43.5 Å². The van der Waals surface area contributed by atoms with Gasteiger partial charge >= 0.3 is 12.2 Å². The number of halogens is 7. The molecule has 3 N–H and O–H groups in total. The molecule has 4 atom stereocenters. The largest absolute Gasteiger partial charge is 0.489 e. The van der Waals surface area contributed by atoms with Gasteiger partial charge in [0.25, 0.3) is 6.08 Å². The first-order valence-electron chi connectivity index (χ1n) is 15.5. The van der Waals surface area contributed by atoms with Crippen LogP contribution in [0.1, 0.15) is 43.2 Å². The lowest BCUT2D eigenvalue weighted by Gasteiger charge is -2.40. The van der Waals surface area contributed by atoms with Gasteiger partial charge in [-0.15, -0.1) is 0 Å². The molecule has 16 heteroatoms. The summed E-state index contributed by atoms with van der Waals surface area (Å²) in [5.74, 6) is -1.21. The third-order valence-corrected chi connectivity index (χ3v) is 10.7. The van der Waals surface area contributed by atoms with E-state index in [1.807, 2.05) is 9.80 Å². The zero-order valence-corrected chi connectivity index (χ0v) is 25.9. The minimum absolute atomic E-state index is 0.0147. The second kappa shape index (κ2) is 10.7. The molecule has 0 radical (unpaired) electrons. The van der Waals surface area contributed by atoms with Crippen molar-refractivity contribution >= 4 is 34.1 Å². The molecule has 0 aliphatic carbocycles. The molecule has 1 aromatic carbocycles. The quantitative estimate of drug-likeness (QED) is 0.328. The molecule has 3 aromatic rings. The minimum atomic E-state index is -4.92. The molecule has 0 spiro atoms. The predicted octanol–water partition coefficient (Wildman–Crippen LogP) is 5.86. The van der Waals surface area contributed by atoms with Crippen LogP contribution in [0.25, 0.3) is 22.2 Å². The summed E-state index contributed by atoms with van der Waals surface area (Å²) < 4.78 is 99.7. The van der Waals surface area contributed by atoms with Crippen LogP contribution >= 0.6 is 11.6 Å². The zero-order chi connectivity index (χ0) is 33.0. The van der Waals surface area contributed by atoms with E-state index >= 15 is 4.39 Å². The van der Waals surface area contributed by atoms with Gasteiger partial charge < -0.3 is 25.4 Å². The number of rotatable bonds is 4. The summed E-state index contributed by atoms with van der Waals surface area (Å²) in [6.45, 7) is 2.52. The molecular weight excluding hydrogens is 652 g/mol. The van der Waals surface area contributed by atoms with Crippen LogP contribution in [-0.4, -0.2) is 76.4 Å². The SMILES string of the molecule is Cc1cc(N)nc(-c2c(Cl)c3c4c(nc(OCC56CCCN5CC(=C(F)F)C6)nc4c2F)N2CC4CCC(N4)C2CO3)c1C(F)(F)F. The summed E-state index contributed by atoms with van der Waals surface area (Å²) >= 11 is 6.79. The molecule has 0 saturated carbocycles. The van der Waals surface area contributed by atoms with Crippen LogP contribution < -0.4 is 25.4 Å². The molecule has 8 rings (SSSR count). The average molecular weight is 682 g/mol. The number of aromatic nitrogens is 3. The number of ether oxygens (including phenoxy) is 2.